The zero-order valence-corrected chi connectivity index (χ0v) is 10.3. The van der Waals surface area contributed by atoms with Gasteiger partial charge in [0.25, 0.3) is 0 Å². The van der Waals surface area contributed by atoms with Gasteiger partial charge < -0.3 is 4.57 Å². The van der Waals surface area contributed by atoms with Crippen LogP contribution in [0.3, 0.4) is 0 Å². The van der Waals surface area contributed by atoms with Crippen molar-refractivity contribution in [3.63, 3.8) is 0 Å². The Balaban J connectivity index is 2.42. The van der Waals surface area contributed by atoms with Crippen LogP contribution in [0, 0.1) is 4.77 Å². The van der Waals surface area contributed by atoms with Crippen molar-refractivity contribution in [3.05, 3.63) is 46.5 Å². The Labute approximate surface area is 100 Å². The number of aromatic amines is 1. The second-order valence-corrected chi connectivity index (χ2v) is 4.15. The van der Waals surface area contributed by atoms with Crippen molar-refractivity contribution < 1.29 is 0 Å². The normalized spacial score (nSPS) is 12.6. The molecule has 16 heavy (non-hydrogen) atoms. The second-order valence-electron chi connectivity index (χ2n) is 3.76. The van der Waals surface area contributed by atoms with E-state index in [0.29, 0.717) is 4.77 Å². The highest BCUT2D eigenvalue weighted by Gasteiger charge is 2.14. The van der Waals surface area contributed by atoms with Crippen LogP contribution in [-0.4, -0.2) is 14.8 Å². The van der Waals surface area contributed by atoms with Crippen LogP contribution in [0.4, 0.5) is 0 Å². The first-order valence-corrected chi connectivity index (χ1v) is 5.85. The summed E-state index contributed by atoms with van der Waals surface area (Å²) >= 11 is 5.19. The Kier molecular flexibility index (Phi) is 3.19. The summed E-state index contributed by atoms with van der Waals surface area (Å²) in [6.45, 7) is 5.07. The van der Waals surface area contributed by atoms with Gasteiger partial charge >= 0.3 is 0 Å². The Hall–Kier alpha value is -1.42. The van der Waals surface area contributed by atoms with Gasteiger partial charge in [-0.2, -0.15) is 5.10 Å². The molecule has 2 rings (SSSR count). The SMILES string of the molecule is CCn1c(C(C)c2ccccc2)n[nH]c1=S. The molecule has 0 saturated carbocycles. The number of hydrogen-bond acceptors (Lipinski definition) is 2. The van der Waals surface area contributed by atoms with Crippen molar-refractivity contribution >= 4 is 12.2 Å². The second kappa shape index (κ2) is 4.61. The molecule has 0 amide bonds. The first-order valence-electron chi connectivity index (χ1n) is 5.44. The largest absolute Gasteiger partial charge is 0.304 e. The number of nitrogens with zero attached hydrogens (tertiary/aromatic N) is 2. The lowest BCUT2D eigenvalue weighted by atomic mass is 10.0. The minimum Gasteiger partial charge on any atom is -0.304 e. The number of aromatic nitrogens is 3. The summed E-state index contributed by atoms with van der Waals surface area (Å²) in [6.07, 6.45) is 0. The van der Waals surface area contributed by atoms with Crippen LogP contribution in [0.2, 0.25) is 0 Å². The molecule has 1 unspecified atom stereocenters. The molecule has 0 spiro atoms. The molecule has 2 aromatic rings. The summed E-state index contributed by atoms with van der Waals surface area (Å²) < 4.78 is 2.73. The van der Waals surface area contributed by atoms with Crippen molar-refractivity contribution in [2.45, 2.75) is 26.3 Å². The highest BCUT2D eigenvalue weighted by Crippen LogP contribution is 2.21. The topological polar surface area (TPSA) is 33.6 Å². The van der Waals surface area contributed by atoms with E-state index in [0.717, 1.165) is 12.4 Å². The highest BCUT2D eigenvalue weighted by atomic mass is 32.1. The predicted molar refractivity (Wildman–Crippen MR) is 67.0 cm³/mol. The van der Waals surface area contributed by atoms with Crippen LogP contribution < -0.4 is 0 Å². The average molecular weight is 233 g/mol. The lowest BCUT2D eigenvalue weighted by molar-refractivity contribution is 0.663. The van der Waals surface area contributed by atoms with Crippen LogP contribution in [0.15, 0.2) is 30.3 Å². The van der Waals surface area contributed by atoms with E-state index in [1.807, 2.05) is 22.8 Å². The molecule has 0 bridgehead atoms. The van der Waals surface area contributed by atoms with E-state index >= 15 is 0 Å². The van der Waals surface area contributed by atoms with Gasteiger partial charge in [-0.3, -0.25) is 5.10 Å². The van der Waals surface area contributed by atoms with E-state index in [4.69, 9.17) is 12.2 Å². The van der Waals surface area contributed by atoms with Gasteiger partial charge in [-0.25, -0.2) is 0 Å². The van der Waals surface area contributed by atoms with Crippen LogP contribution >= 0.6 is 12.2 Å². The molecular formula is C12H15N3S. The smallest absolute Gasteiger partial charge is 0.195 e. The van der Waals surface area contributed by atoms with Crippen molar-refractivity contribution in [1.82, 2.24) is 14.8 Å². The molecule has 1 heterocycles. The molecule has 0 radical (unpaired) electrons. The first-order chi connectivity index (χ1) is 7.74. The predicted octanol–water partition coefficient (Wildman–Crippen LogP) is 3.11. The van der Waals surface area contributed by atoms with Gasteiger partial charge in [-0.15, -0.1) is 0 Å². The van der Waals surface area contributed by atoms with Crippen molar-refractivity contribution in [1.29, 1.82) is 0 Å². The molecule has 0 aliphatic rings. The standard InChI is InChI=1S/C12H15N3S/c1-3-15-11(13-14-12(15)16)9(2)10-7-5-4-6-8-10/h4-9H,3H2,1-2H3,(H,14,16). The number of nitrogens with one attached hydrogen (secondary N) is 1. The minimum absolute atomic E-state index is 0.258. The summed E-state index contributed by atoms with van der Waals surface area (Å²) in [6, 6.07) is 10.3. The minimum atomic E-state index is 0.258. The van der Waals surface area contributed by atoms with Crippen molar-refractivity contribution in [3.8, 4) is 0 Å². The number of H-pyrrole nitrogens is 1. The fraction of sp³-hybridized carbons (Fsp3) is 0.333. The van der Waals surface area contributed by atoms with E-state index in [1.54, 1.807) is 0 Å². The molecule has 0 saturated heterocycles. The molecule has 84 valence electrons. The number of hydrogen-bond donors (Lipinski definition) is 1. The molecule has 0 fully saturated rings. The Bertz CT molecular complexity index is 513. The van der Waals surface area contributed by atoms with E-state index in [1.165, 1.54) is 5.56 Å². The van der Waals surface area contributed by atoms with E-state index in [2.05, 4.69) is 36.2 Å². The van der Waals surface area contributed by atoms with E-state index in [-0.39, 0.29) is 5.92 Å². The zero-order chi connectivity index (χ0) is 11.5. The van der Waals surface area contributed by atoms with Gasteiger partial charge in [0.05, 0.1) is 0 Å². The lowest BCUT2D eigenvalue weighted by Gasteiger charge is -2.11. The third-order valence-electron chi connectivity index (χ3n) is 2.79. The van der Waals surface area contributed by atoms with E-state index in [9.17, 15) is 0 Å². The van der Waals surface area contributed by atoms with Gasteiger partial charge in [0.1, 0.15) is 5.82 Å². The van der Waals surface area contributed by atoms with Gasteiger partial charge in [-0.1, -0.05) is 37.3 Å². The Morgan fingerprint density at radius 3 is 2.69 bits per heavy atom. The molecule has 1 atom stereocenters. The van der Waals surface area contributed by atoms with Gasteiger partial charge in [0, 0.05) is 12.5 Å². The summed E-state index contributed by atoms with van der Waals surface area (Å²) in [4.78, 5) is 0. The van der Waals surface area contributed by atoms with Gasteiger partial charge in [0.15, 0.2) is 4.77 Å². The quantitative estimate of drug-likeness (QED) is 0.826. The monoisotopic (exact) mass is 233 g/mol. The molecule has 1 N–H and O–H groups in total. The summed E-state index contributed by atoms with van der Waals surface area (Å²) in [5, 5.41) is 7.16. The zero-order valence-electron chi connectivity index (χ0n) is 9.47. The number of rotatable bonds is 3. The Morgan fingerprint density at radius 1 is 1.38 bits per heavy atom. The molecule has 3 nitrogen and oxygen atoms in total. The van der Waals surface area contributed by atoms with Gasteiger partial charge in [-0.05, 0) is 24.7 Å². The average Bonchev–Trinajstić information content (AvgIpc) is 2.70. The van der Waals surface area contributed by atoms with Crippen LogP contribution in [0.1, 0.15) is 31.2 Å². The molecule has 0 aliphatic carbocycles. The number of benzene rings is 1. The summed E-state index contributed by atoms with van der Waals surface area (Å²) in [5.41, 5.74) is 1.26. The molecule has 0 aliphatic heterocycles. The maximum absolute atomic E-state index is 5.19. The first kappa shape index (κ1) is 11.1. The summed E-state index contributed by atoms with van der Waals surface area (Å²) in [5.74, 6) is 1.26. The fourth-order valence-corrected chi connectivity index (χ4v) is 2.13. The maximum Gasteiger partial charge on any atom is 0.195 e. The molecule has 4 heteroatoms. The van der Waals surface area contributed by atoms with Gasteiger partial charge in [0.2, 0.25) is 0 Å². The van der Waals surface area contributed by atoms with Crippen LogP contribution in [-0.2, 0) is 6.54 Å². The Morgan fingerprint density at radius 2 is 2.06 bits per heavy atom. The van der Waals surface area contributed by atoms with Crippen molar-refractivity contribution in [2.24, 2.45) is 0 Å². The molecular weight excluding hydrogens is 218 g/mol. The third-order valence-corrected chi connectivity index (χ3v) is 3.10. The summed E-state index contributed by atoms with van der Waals surface area (Å²) in [7, 11) is 0. The fourth-order valence-electron chi connectivity index (χ4n) is 1.86. The lowest BCUT2D eigenvalue weighted by Crippen LogP contribution is -2.07. The van der Waals surface area contributed by atoms with Crippen molar-refractivity contribution in [2.75, 3.05) is 0 Å². The maximum atomic E-state index is 5.19. The van der Waals surface area contributed by atoms with Crippen LogP contribution in [0.25, 0.3) is 0 Å². The molecule has 1 aromatic carbocycles. The highest BCUT2D eigenvalue weighted by molar-refractivity contribution is 7.71. The van der Waals surface area contributed by atoms with Crippen LogP contribution in [0.5, 0.6) is 0 Å². The van der Waals surface area contributed by atoms with E-state index < -0.39 is 0 Å². The third kappa shape index (κ3) is 1.93. The molecule has 1 aromatic heterocycles.